The van der Waals surface area contributed by atoms with Crippen LogP contribution in [0.25, 0.3) is 88.4 Å². The fraction of sp³-hybridized carbons (Fsp3) is 0.200. The number of hydrogen-bond acceptors (Lipinski definition) is 4. The molecule has 0 radical (unpaired) electrons. The molecule has 0 unspecified atom stereocenters. The molecule has 3 heterocycles. The zero-order valence-corrected chi connectivity index (χ0v) is 39.4. The first-order valence-corrected chi connectivity index (χ1v) is 23.4. The number of furan rings is 2. The van der Waals surface area contributed by atoms with Crippen molar-refractivity contribution in [2.45, 2.75) is 77.4 Å². The van der Waals surface area contributed by atoms with Crippen molar-refractivity contribution in [3.05, 3.63) is 185 Å². The highest BCUT2D eigenvalue weighted by Gasteiger charge is 2.52. The molecule has 0 N–H and O–H groups in total. The van der Waals surface area contributed by atoms with E-state index in [1.165, 1.54) is 66.8 Å². The van der Waals surface area contributed by atoms with E-state index in [0.29, 0.717) is 5.02 Å². The molecule has 0 atom stereocenters. The maximum absolute atomic E-state index is 6.41. The van der Waals surface area contributed by atoms with Crippen molar-refractivity contribution < 1.29 is 18.1 Å². The van der Waals surface area contributed by atoms with Crippen molar-refractivity contribution in [1.29, 1.82) is 0 Å². The van der Waals surface area contributed by atoms with Gasteiger partial charge in [-0.25, -0.2) is 0 Å². The fourth-order valence-electron chi connectivity index (χ4n) is 10.9. The van der Waals surface area contributed by atoms with E-state index >= 15 is 0 Å². The summed E-state index contributed by atoms with van der Waals surface area (Å²) in [6, 6.07) is 56.3. The van der Waals surface area contributed by atoms with Crippen LogP contribution in [-0.2, 0) is 20.1 Å². The lowest BCUT2D eigenvalue weighted by Gasteiger charge is -2.32. The van der Waals surface area contributed by atoms with Crippen molar-refractivity contribution in [3.63, 3.8) is 0 Å². The smallest absolute Gasteiger partial charge is 0.456 e. The molecule has 2 aliphatic carbocycles. The first-order chi connectivity index (χ1) is 31.6. The van der Waals surface area contributed by atoms with Crippen molar-refractivity contribution in [2.75, 3.05) is 0 Å². The molecule has 1 saturated heterocycles. The lowest BCUT2D eigenvalue weighted by atomic mass is 9.78. The van der Waals surface area contributed by atoms with Crippen molar-refractivity contribution in [1.82, 2.24) is 0 Å². The summed E-state index contributed by atoms with van der Waals surface area (Å²) in [5.74, 6) is 0. The summed E-state index contributed by atoms with van der Waals surface area (Å²) in [6.07, 6.45) is 0. The highest BCUT2D eigenvalue weighted by Crippen LogP contribution is 2.51. The first kappa shape index (κ1) is 41.1. The predicted octanol–water partition coefficient (Wildman–Crippen LogP) is 16.1. The minimum absolute atomic E-state index is 0.00189. The zero-order chi connectivity index (χ0) is 45.5. The van der Waals surface area contributed by atoms with Crippen molar-refractivity contribution in [2.24, 2.45) is 0 Å². The van der Waals surface area contributed by atoms with E-state index in [1.54, 1.807) is 0 Å². The molecular formula is C60H50BClO4. The third kappa shape index (κ3) is 6.06. The Hall–Kier alpha value is -6.37. The quantitative estimate of drug-likeness (QED) is 0.166. The average molecular weight is 881 g/mol. The van der Waals surface area contributed by atoms with Crippen LogP contribution in [0.15, 0.2) is 167 Å². The van der Waals surface area contributed by atoms with Gasteiger partial charge < -0.3 is 18.1 Å². The second kappa shape index (κ2) is 14.3. The largest absolute Gasteiger partial charge is 0.498 e. The van der Waals surface area contributed by atoms with Crippen LogP contribution < -0.4 is 5.46 Å². The summed E-state index contributed by atoms with van der Waals surface area (Å²) in [6.45, 7) is 17.6. The number of fused-ring (bicyclic) bond motifs is 12. The van der Waals surface area contributed by atoms with Gasteiger partial charge in [-0.15, -0.1) is 0 Å². The molecule has 0 bridgehead atoms. The normalized spacial score (nSPS) is 16.9. The van der Waals surface area contributed by atoms with Gasteiger partial charge in [0.2, 0.25) is 0 Å². The van der Waals surface area contributed by atoms with E-state index in [0.717, 1.165) is 49.3 Å². The molecule has 2 aromatic heterocycles. The molecule has 66 heavy (non-hydrogen) atoms. The molecule has 4 nitrogen and oxygen atoms in total. The van der Waals surface area contributed by atoms with Gasteiger partial charge in [0.05, 0.1) is 16.2 Å². The van der Waals surface area contributed by atoms with Crippen LogP contribution in [-0.4, -0.2) is 18.3 Å². The molecule has 10 aromatic rings. The van der Waals surface area contributed by atoms with Gasteiger partial charge in [0.1, 0.15) is 16.7 Å². The third-order valence-electron chi connectivity index (χ3n) is 15.3. The molecule has 6 heteroatoms. The maximum atomic E-state index is 6.41. The van der Waals surface area contributed by atoms with Crippen LogP contribution in [0.4, 0.5) is 0 Å². The minimum Gasteiger partial charge on any atom is -0.456 e. The highest BCUT2D eigenvalue weighted by atomic mass is 35.5. The Morgan fingerprint density at radius 2 is 0.803 bits per heavy atom. The number of para-hydroxylation sites is 2. The number of halogens is 1. The van der Waals surface area contributed by atoms with Gasteiger partial charge in [-0.1, -0.05) is 155 Å². The molecule has 13 rings (SSSR count). The highest BCUT2D eigenvalue weighted by molar-refractivity contribution is 6.65. The Morgan fingerprint density at radius 3 is 1.33 bits per heavy atom. The van der Waals surface area contributed by atoms with Gasteiger partial charge in [-0.05, 0) is 137 Å². The molecule has 0 amide bonds. The van der Waals surface area contributed by atoms with Crippen LogP contribution in [0, 0.1) is 0 Å². The molecule has 1 aliphatic heterocycles. The van der Waals surface area contributed by atoms with E-state index in [-0.39, 0.29) is 10.8 Å². The Balaban J connectivity index is 0.000000142. The standard InChI is InChI=1S/C33H31BO3.C27H19ClO/c1-31(2)26-12-8-7-10-22(26)23-16-14-21(19-27(23)31)20-15-17-29-25(18-20)24-11-9-13-28(30(24)35-29)34-36-32(3,4)33(5,6)37-34;1-27(2)22-8-4-3-6-18(22)19-12-10-17(15-23(19)27)16-11-13-25-21(14-16)20-7-5-9-24(28)26(20)29-25/h7-19H,1-6H3;3-15H,1-2H3. The summed E-state index contributed by atoms with van der Waals surface area (Å²) in [5, 5.41) is 5.00. The van der Waals surface area contributed by atoms with E-state index in [9.17, 15) is 0 Å². The van der Waals surface area contributed by atoms with Crippen LogP contribution in [0.1, 0.15) is 77.6 Å². The van der Waals surface area contributed by atoms with Gasteiger partial charge in [0.25, 0.3) is 0 Å². The summed E-state index contributed by atoms with van der Waals surface area (Å²) in [7, 11) is -0.464. The number of hydrogen-bond donors (Lipinski definition) is 0. The van der Waals surface area contributed by atoms with Crippen molar-refractivity contribution in [3.8, 4) is 44.5 Å². The Bertz CT molecular complexity index is 3630. The van der Waals surface area contributed by atoms with Crippen molar-refractivity contribution >= 4 is 68.1 Å². The summed E-state index contributed by atoms with van der Waals surface area (Å²) >= 11 is 6.33. The SMILES string of the molecule is CC1(C)c2ccccc2-c2ccc(-c3ccc4oc5c(B6OC(C)(C)C(C)(C)O6)cccc5c4c3)cc21.CC1(C)c2ccccc2-c2ccc(-c3ccc4oc5c(Cl)cccc5c4c3)cc21. The zero-order valence-electron chi connectivity index (χ0n) is 38.6. The third-order valence-corrected chi connectivity index (χ3v) is 15.6. The second-order valence-electron chi connectivity index (χ2n) is 20.4. The number of benzene rings is 8. The minimum atomic E-state index is -0.464. The lowest BCUT2D eigenvalue weighted by molar-refractivity contribution is 0.00578. The molecule has 0 spiro atoms. The Morgan fingerprint density at radius 1 is 0.379 bits per heavy atom. The topological polar surface area (TPSA) is 44.7 Å². The summed E-state index contributed by atoms with van der Waals surface area (Å²) in [5.41, 5.74) is 19.2. The maximum Gasteiger partial charge on any atom is 0.498 e. The first-order valence-electron chi connectivity index (χ1n) is 23.0. The molecule has 3 aliphatic rings. The van der Waals surface area contributed by atoms with Gasteiger partial charge >= 0.3 is 7.12 Å². The van der Waals surface area contributed by atoms with E-state index in [2.05, 4.69) is 189 Å². The summed E-state index contributed by atoms with van der Waals surface area (Å²) < 4.78 is 25.1. The predicted molar refractivity (Wildman–Crippen MR) is 274 cm³/mol. The molecular weight excluding hydrogens is 831 g/mol. The Labute approximate surface area is 391 Å². The monoisotopic (exact) mass is 880 g/mol. The molecule has 1 fully saturated rings. The summed E-state index contributed by atoms with van der Waals surface area (Å²) in [4.78, 5) is 0. The van der Waals surface area contributed by atoms with Gasteiger partial charge in [-0.2, -0.15) is 0 Å². The van der Waals surface area contributed by atoms with E-state index < -0.39 is 18.3 Å². The molecule has 8 aromatic carbocycles. The fourth-order valence-corrected chi connectivity index (χ4v) is 11.1. The Kier molecular flexibility index (Phi) is 8.91. The van der Waals surface area contributed by atoms with Crippen LogP contribution >= 0.6 is 11.6 Å². The van der Waals surface area contributed by atoms with E-state index in [1.807, 2.05) is 24.3 Å². The van der Waals surface area contributed by atoms with Crippen LogP contribution in [0.2, 0.25) is 5.02 Å². The second-order valence-corrected chi connectivity index (χ2v) is 20.8. The lowest BCUT2D eigenvalue weighted by Crippen LogP contribution is -2.41. The number of rotatable bonds is 3. The van der Waals surface area contributed by atoms with E-state index in [4.69, 9.17) is 29.7 Å². The van der Waals surface area contributed by atoms with Gasteiger partial charge in [0, 0.05) is 37.8 Å². The van der Waals surface area contributed by atoms with Crippen LogP contribution in [0.3, 0.4) is 0 Å². The average Bonchev–Trinajstić information content (AvgIpc) is 4.06. The molecule has 324 valence electrons. The molecule has 0 saturated carbocycles. The van der Waals surface area contributed by atoms with Crippen LogP contribution in [0.5, 0.6) is 0 Å². The van der Waals surface area contributed by atoms with Gasteiger partial charge in [-0.3, -0.25) is 0 Å². The van der Waals surface area contributed by atoms with Gasteiger partial charge in [0.15, 0.2) is 5.58 Å².